The number of aromatic nitrogens is 3. The number of nitrogens with one attached hydrogen (secondary N) is 1. The van der Waals surface area contributed by atoms with Gasteiger partial charge in [0.1, 0.15) is 0 Å². The minimum absolute atomic E-state index is 0.0808. The Balaban J connectivity index is 1.59. The molecule has 24 heavy (non-hydrogen) atoms. The Kier molecular flexibility index (Phi) is 4.74. The minimum atomic E-state index is -0.0808. The van der Waals surface area contributed by atoms with E-state index in [0.717, 1.165) is 23.6 Å². The summed E-state index contributed by atoms with van der Waals surface area (Å²) < 4.78 is 7.58. The summed E-state index contributed by atoms with van der Waals surface area (Å²) in [6.07, 6.45) is 4.22. The second kappa shape index (κ2) is 7.12. The molecule has 0 atom stereocenters. The fourth-order valence-electron chi connectivity index (χ4n) is 2.46. The maximum Gasteiger partial charge on any atom is 0.224 e. The molecule has 3 aromatic rings. The van der Waals surface area contributed by atoms with E-state index in [0.29, 0.717) is 24.4 Å². The van der Waals surface area contributed by atoms with Crippen LogP contribution in [0.5, 0.6) is 0 Å². The first-order valence-electron chi connectivity index (χ1n) is 7.99. The third-order valence-corrected chi connectivity index (χ3v) is 3.68. The normalized spacial score (nSPS) is 10.8. The first-order chi connectivity index (χ1) is 11.7. The van der Waals surface area contributed by atoms with Crippen molar-refractivity contribution in [1.29, 1.82) is 0 Å². The Hall–Kier alpha value is -2.89. The Bertz CT molecular complexity index is 821. The molecule has 1 N–H and O–H groups in total. The zero-order chi connectivity index (χ0) is 16.9. The van der Waals surface area contributed by atoms with Crippen LogP contribution in [-0.4, -0.2) is 20.7 Å². The zero-order valence-corrected chi connectivity index (χ0v) is 13.8. The number of amides is 1. The highest BCUT2D eigenvalue weighted by molar-refractivity contribution is 5.90. The van der Waals surface area contributed by atoms with Crippen molar-refractivity contribution in [3.63, 3.8) is 0 Å². The lowest BCUT2D eigenvalue weighted by atomic mass is 10.1. The number of anilines is 1. The zero-order valence-electron chi connectivity index (χ0n) is 13.8. The van der Waals surface area contributed by atoms with Crippen molar-refractivity contribution in [1.82, 2.24) is 14.8 Å². The monoisotopic (exact) mass is 324 g/mol. The van der Waals surface area contributed by atoms with E-state index in [1.807, 2.05) is 44.2 Å². The average molecular weight is 324 g/mol. The van der Waals surface area contributed by atoms with E-state index in [4.69, 9.17) is 4.42 Å². The van der Waals surface area contributed by atoms with Gasteiger partial charge in [0.05, 0.1) is 17.6 Å². The fourth-order valence-corrected chi connectivity index (χ4v) is 2.46. The maximum atomic E-state index is 12.0. The molecule has 1 amide bonds. The Morgan fingerprint density at radius 3 is 2.79 bits per heavy atom. The molecule has 124 valence electrons. The Labute approximate surface area is 140 Å². The molecule has 2 heterocycles. The molecule has 6 nitrogen and oxygen atoms in total. The summed E-state index contributed by atoms with van der Waals surface area (Å²) in [6, 6.07) is 9.84. The molecule has 0 spiro atoms. The number of hydrogen-bond donors (Lipinski definition) is 1. The molecule has 0 bridgehead atoms. The van der Waals surface area contributed by atoms with Gasteiger partial charge in [-0.25, -0.2) is 4.98 Å². The lowest BCUT2D eigenvalue weighted by molar-refractivity contribution is -0.116. The number of rotatable bonds is 6. The van der Waals surface area contributed by atoms with Gasteiger partial charge in [-0.15, -0.1) is 0 Å². The van der Waals surface area contributed by atoms with Gasteiger partial charge in [0.2, 0.25) is 5.91 Å². The second-order valence-electron chi connectivity index (χ2n) is 5.52. The SMILES string of the molecule is CCn1cc(NC(=O)CCc2nc(C)c(-c3ccccc3)o2)cn1. The van der Waals surface area contributed by atoms with Crippen molar-refractivity contribution < 1.29 is 9.21 Å². The first-order valence-corrected chi connectivity index (χ1v) is 7.99. The summed E-state index contributed by atoms with van der Waals surface area (Å²) in [4.78, 5) is 16.4. The molecule has 6 heteroatoms. The summed E-state index contributed by atoms with van der Waals surface area (Å²) >= 11 is 0. The molecule has 0 aliphatic rings. The second-order valence-corrected chi connectivity index (χ2v) is 5.52. The molecule has 0 unspecified atom stereocenters. The lowest BCUT2D eigenvalue weighted by Crippen LogP contribution is -2.12. The van der Waals surface area contributed by atoms with Crippen LogP contribution in [0.3, 0.4) is 0 Å². The van der Waals surface area contributed by atoms with E-state index in [1.165, 1.54) is 0 Å². The predicted molar refractivity (Wildman–Crippen MR) is 91.5 cm³/mol. The number of oxazole rings is 1. The van der Waals surface area contributed by atoms with Crippen molar-refractivity contribution in [2.75, 3.05) is 5.32 Å². The molecule has 0 aliphatic carbocycles. The molecule has 0 radical (unpaired) electrons. The third kappa shape index (κ3) is 3.71. The molecule has 0 saturated carbocycles. The quantitative estimate of drug-likeness (QED) is 0.754. The van der Waals surface area contributed by atoms with Crippen molar-refractivity contribution in [2.45, 2.75) is 33.2 Å². The largest absolute Gasteiger partial charge is 0.440 e. The fraction of sp³-hybridized carbons (Fsp3) is 0.278. The number of aryl methyl sites for hydroxylation is 3. The van der Waals surface area contributed by atoms with Gasteiger partial charge in [-0.1, -0.05) is 30.3 Å². The van der Waals surface area contributed by atoms with Crippen LogP contribution in [0.4, 0.5) is 5.69 Å². The van der Waals surface area contributed by atoms with Gasteiger partial charge in [0.25, 0.3) is 0 Å². The van der Waals surface area contributed by atoms with E-state index >= 15 is 0 Å². The molecule has 0 saturated heterocycles. The van der Waals surface area contributed by atoms with E-state index < -0.39 is 0 Å². The van der Waals surface area contributed by atoms with Crippen LogP contribution in [0, 0.1) is 6.92 Å². The predicted octanol–water partition coefficient (Wildman–Crippen LogP) is 3.44. The summed E-state index contributed by atoms with van der Waals surface area (Å²) in [7, 11) is 0. The van der Waals surface area contributed by atoms with Crippen molar-refractivity contribution in [3.8, 4) is 11.3 Å². The van der Waals surface area contributed by atoms with Gasteiger partial charge in [-0.05, 0) is 13.8 Å². The molecule has 2 aromatic heterocycles. The van der Waals surface area contributed by atoms with Gasteiger partial charge >= 0.3 is 0 Å². The first kappa shape index (κ1) is 16.0. The molecule has 0 fully saturated rings. The molecule has 3 rings (SSSR count). The standard InChI is InChI=1S/C18H20N4O2/c1-3-22-12-15(11-19-22)21-16(23)9-10-17-20-13(2)18(24-17)14-7-5-4-6-8-14/h4-8,11-12H,3,9-10H2,1-2H3,(H,21,23). The summed E-state index contributed by atoms with van der Waals surface area (Å²) in [5.74, 6) is 1.25. The van der Waals surface area contributed by atoms with Gasteiger partial charge in [0.15, 0.2) is 11.7 Å². The van der Waals surface area contributed by atoms with Crippen molar-refractivity contribution in [2.24, 2.45) is 0 Å². The lowest BCUT2D eigenvalue weighted by Gasteiger charge is -2.00. The summed E-state index contributed by atoms with van der Waals surface area (Å²) in [6.45, 7) is 4.68. The van der Waals surface area contributed by atoms with Crippen LogP contribution in [-0.2, 0) is 17.8 Å². The smallest absolute Gasteiger partial charge is 0.224 e. The highest BCUT2D eigenvalue weighted by Gasteiger charge is 2.13. The van der Waals surface area contributed by atoms with Crippen molar-refractivity contribution in [3.05, 3.63) is 54.3 Å². The van der Waals surface area contributed by atoms with Crippen LogP contribution >= 0.6 is 0 Å². The topological polar surface area (TPSA) is 73.0 Å². The number of carbonyl (C=O) groups is 1. The van der Waals surface area contributed by atoms with Gasteiger partial charge in [-0.3, -0.25) is 9.48 Å². The molecular weight excluding hydrogens is 304 g/mol. The van der Waals surface area contributed by atoms with Crippen LogP contribution in [0.1, 0.15) is 24.9 Å². The maximum absolute atomic E-state index is 12.0. The van der Waals surface area contributed by atoms with Crippen LogP contribution in [0.25, 0.3) is 11.3 Å². The number of nitrogens with zero attached hydrogens (tertiary/aromatic N) is 3. The number of benzene rings is 1. The molecule has 0 aliphatic heterocycles. The van der Waals surface area contributed by atoms with Gasteiger partial charge < -0.3 is 9.73 Å². The minimum Gasteiger partial charge on any atom is -0.440 e. The van der Waals surface area contributed by atoms with Gasteiger partial charge in [-0.2, -0.15) is 5.10 Å². The molecular formula is C18H20N4O2. The van der Waals surface area contributed by atoms with Crippen LogP contribution in [0.2, 0.25) is 0 Å². The van der Waals surface area contributed by atoms with Gasteiger partial charge in [0, 0.05) is 31.1 Å². The van der Waals surface area contributed by atoms with E-state index in [2.05, 4.69) is 15.4 Å². The Morgan fingerprint density at radius 1 is 1.29 bits per heavy atom. The third-order valence-electron chi connectivity index (χ3n) is 3.68. The Morgan fingerprint density at radius 2 is 2.08 bits per heavy atom. The van der Waals surface area contributed by atoms with Crippen LogP contribution < -0.4 is 5.32 Å². The highest BCUT2D eigenvalue weighted by Crippen LogP contribution is 2.24. The van der Waals surface area contributed by atoms with Crippen molar-refractivity contribution >= 4 is 11.6 Å². The number of hydrogen-bond acceptors (Lipinski definition) is 4. The average Bonchev–Trinajstić information content (AvgIpc) is 3.20. The summed E-state index contributed by atoms with van der Waals surface area (Å²) in [5.41, 5.74) is 2.53. The van der Waals surface area contributed by atoms with E-state index in [1.54, 1.807) is 17.1 Å². The highest BCUT2D eigenvalue weighted by atomic mass is 16.4. The van der Waals surface area contributed by atoms with E-state index in [9.17, 15) is 4.79 Å². The van der Waals surface area contributed by atoms with Crippen LogP contribution in [0.15, 0.2) is 47.1 Å². The molecule has 1 aromatic carbocycles. The summed E-state index contributed by atoms with van der Waals surface area (Å²) in [5, 5.41) is 6.95. The van der Waals surface area contributed by atoms with E-state index in [-0.39, 0.29) is 5.91 Å². The number of carbonyl (C=O) groups excluding carboxylic acids is 1.